The van der Waals surface area contributed by atoms with Gasteiger partial charge >= 0.3 is 5.97 Å². The number of nitrogens with zero attached hydrogens (tertiary/aromatic N) is 3. The predicted molar refractivity (Wildman–Crippen MR) is 75.3 cm³/mol. The van der Waals surface area contributed by atoms with Crippen LogP contribution in [0.5, 0.6) is 0 Å². The van der Waals surface area contributed by atoms with Crippen LogP contribution in [0.15, 0.2) is 24.3 Å². The van der Waals surface area contributed by atoms with E-state index in [1.54, 1.807) is 19.1 Å². The van der Waals surface area contributed by atoms with E-state index in [1.807, 2.05) is 0 Å². The molecule has 2 aromatic rings. The number of benzene rings is 1. The number of fused-ring (bicyclic) bond motifs is 1. The average Bonchev–Trinajstić information content (AvgIpc) is 2.88. The minimum atomic E-state index is -0.928. The predicted octanol–water partition coefficient (Wildman–Crippen LogP) is 1.75. The Morgan fingerprint density at radius 2 is 1.73 bits per heavy atom. The lowest BCUT2D eigenvalue weighted by molar-refractivity contribution is -0.0591. The number of carbonyl (C=O) groups is 3. The van der Waals surface area contributed by atoms with Crippen molar-refractivity contribution in [2.45, 2.75) is 6.92 Å². The minimum Gasteiger partial charge on any atom is -0.322 e. The van der Waals surface area contributed by atoms with Gasteiger partial charge in [0.2, 0.25) is 0 Å². The van der Waals surface area contributed by atoms with Crippen molar-refractivity contribution < 1.29 is 19.2 Å². The molecule has 0 fully saturated rings. The lowest BCUT2D eigenvalue weighted by atomic mass is 10.1. The molecule has 0 saturated carbocycles. The number of imide groups is 1. The molecule has 3 rings (SSSR count). The molecule has 0 atom stereocenters. The molecule has 7 nitrogen and oxygen atoms in total. The van der Waals surface area contributed by atoms with Crippen molar-refractivity contribution in [2.24, 2.45) is 7.05 Å². The monoisotopic (exact) mass is 319 g/mol. The Labute approximate surface area is 130 Å². The van der Waals surface area contributed by atoms with Gasteiger partial charge in [0, 0.05) is 7.05 Å². The molecule has 0 spiro atoms. The van der Waals surface area contributed by atoms with Crippen LogP contribution in [-0.2, 0) is 11.9 Å². The van der Waals surface area contributed by atoms with E-state index in [1.165, 1.54) is 23.9 Å². The van der Waals surface area contributed by atoms with E-state index in [-0.39, 0.29) is 21.8 Å². The Balaban J connectivity index is 1.90. The van der Waals surface area contributed by atoms with E-state index in [4.69, 9.17) is 16.4 Å². The summed E-state index contributed by atoms with van der Waals surface area (Å²) < 4.78 is 1.23. The van der Waals surface area contributed by atoms with Gasteiger partial charge in [-0.05, 0) is 19.1 Å². The first-order valence-corrected chi connectivity index (χ1v) is 6.69. The molecule has 22 heavy (non-hydrogen) atoms. The standard InChI is InChI=1S/C14H10ClN3O4/c1-7-10(15)11(17(2)16-7)14(21)22-18-12(19)8-5-3-4-6-9(8)13(18)20/h3-6H,1-2H3. The van der Waals surface area contributed by atoms with Crippen LogP contribution in [0.25, 0.3) is 0 Å². The zero-order valence-electron chi connectivity index (χ0n) is 11.7. The van der Waals surface area contributed by atoms with Gasteiger partial charge in [0.15, 0.2) is 5.69 Å². The molecule has 1 aliphatic rings. The van der Waals surface area contributed by atoms with Gasteiger partial charge < -0.3 is 4.84 Å². The zero-order chi connectivity index (χ0) is 16.0. The zero-order valence-corrected chi connectivity index (χ0v) is 12.4. The van der Waals surface area contributed by atoms with Gasteiger partial charge in [0.05, 0.1) is 21.8 Å². The van der Waals surface area contributed by atoms with Gasteiger partial charge in [-0.3, -0.25) is 14.3 Å². The molecule has 2 amide bonds. The Bertz CT molecular complexity index is 792. The number of aromatic nitrogens is 2. The largest absolute Gasteiger partial charge is 0.383 e. The van der Waals surface area contributed by atoms with Crippen molar-refractivity contribution in [1.82, 2.24) is 14.8 Å². The SMILES string of the molecule is Cc1nn(C)c(C(=O)ON2C(=O)c3ccccc3C2=O)c1Cl. The quantitative estimate of drug-likeness (QED) is 0.788. The first kappa shape index (κ1) is 14.3. The Hall–Kier alpha value is -2.67. The number of halogens is 1. The number of aryl methyl sites for hydroxylation is 2. The topological polar surface area (TPSA) is 81.5 Å². The van der Waals surface area contributed by atoms with Gasteiger partial charge in [-0.25, -0.2) is 4.79 Å². The summed E-state index contributed by atoms with van der Waals surface area (Å²) in [6.07, 6.45) is 0. The molecule has 0 N–H and O–H groups in total. The Morgan fingerprint density at radius 3 is 2.18 bits per heavy atom. The maximum atomic E-state index is 12.2. The summed E-state index contributed by atoms with van der Waals surface area (Å²) in [6, 6.07) is 6.22. The van der Waals surface area contributed by atoms with Crippen molar-refractivity contribution in [3.8, 4) is 0 Å². The fourth-order valence-corrected chi connectivity index (χ4v) is 2.47. The van der Waals surface area contributed by atoms with Crippen LogP contribution in [0.3, 0.4) is 0 Å². The van der Waals surface area contributed by atoms with E-state index in [2.05, 4.69) is 5.10 Å². The first-order valence-electron chi connectivity index (χ1n) is 6.31. The molecular weight excluding hydrogens is 310 g/mol. The molecule has 1 aromatic heterocycles. The summed E-state index contributed by atoms with van der Waals surface area (Å²) in [5.74, 6) is -2.31. The second-order valence-corrected chi connectivity index (χ2v) is 5.08. The summed E-state index contributed by atoms with van der Waals surface area (Å²) in [7, 11) is 1.51. The fourth-order valence-electron chi connectivity index (χ4n) is 2.23. The van der Waals surface area contributed by atoms with E-state index in [9.17, 15) is 14.4 Å². The van der Waals surface area contributed by atoms with Gasteiger partial charge in [0.1, 0.15) is 0 Å². The first-order chi connectivity index (χ1) is 10.4. The summed E-state index contributed by atoms with van der Waals surface area (Å²) in [5, 5.41) is 4.53. The molecule has 2 heterocycles. The van der Waals surface area contributed by atoms with E-state index < -0.39 is 17.8 Å². The highest BCUT2D eigenvalue weighted by molar-refractivity contribution is 6.34. The molecule has 0 bridgehead atoms. The molecular formula is C14H10ClN3O4. The van der Waals surface area contributed by atoms with Crippen LogP contribution in [-0.4, -0.2) is 32.6 Å². The van der Waals surface area contributed by atoms with E-state index in [0.717, 1.165) is 0 Å². The number of hydrogen-bond acceptors (Lipinski definition) is 5. The van der Waals surface area contributed by atoms with Crippen molar-refractivity contribution in [1.29, 1.82) is 0 Å². The van der Waals surface area contributed by atoms with Crippen LogP contribution in [0.1, 0.15) is 36.9 Å². The lowest BCUT2D eigenvalue weighted by Gasteiger charge is -2.12. The number of hydroxylamine groups is 2. The van der Waals surface area contributed by atoms with E-state index >= 15 is 0 Å². The van der Waals surface area contributed by atoms with Gasteiger partial charge in [-0.2, -0.15) is 5.10 Å². The highest BCUT2D eigenvalue weighted by atomic mass is 35.5. The Morgan fingerprint density at radius 1 is 1.18 bits per heavy atom. The molecule has 0 unspecified atom stereocenters. The van der Waals surface area contributed by atoms with Crippen molar-refractivity contribution in [3.63, 3.8) is 0 Å². The summed E-state index contributed by atoms with van der Waals surface area (Å²) >= 11 is 5.98. The van der Waals surface area contributed by atoms with Crippen LogP contribution >= 0.6 is 11.6 Å². The summed E-state index contributed by atoms with van der Waals surface area (Å²) in [6.45, 7) is 1.63. The lowest BCUT2D eigenvalue weighted by Crippen LogP contribution is -2.33. The maximum Gasteiger partial charge on any atom is 0.383 e. The van der Waals surface area contributed by atoms with Crippen LogP contribution < -0.4 is 0 Å². The van der Waals surface area contributed by atoms with Crippen LogP contribution in [0.2, 0.25) is 5.02 Å². The molecule has 112 valence electrons. The Kier molecular flexibility index (Phi) is 3.22. The third kappa shape index (κ3) is 1.98. The fraction of sp³-hybridized carbons (Fsp3) is 0.143. The van der Waals surface area contributed by atoms with Crippen LogP contribution in [0.4, 0.5) is 0 Å². The normalized spacial score (nSPS) is 13.5. The van der Waals surface area contributed by atoms with Gasteiger partial charge in [0.25, 0.3) is 11.8 Å². The molecule has 8 heteroatoms. The molecule has 0 saturated heterocycles. The highest BCUT2D eigenvalue weighted by Gasteiger charge is 2.39. The summed E-state index contributed by atoms with van der Waals surface area (Å²) in [4.78, 5) is 41.4. The van der Waals surface area contributed by atoms with Gasteiger partial charge in [-0.15, -0.1) is 0 Å². The van der Waals surface area contributed by atoms with Crippen molar-refractivity contribution >= 4 is 29.4 Å². The number of carbonyl (C=O) groups excluding carboxylic acids is 3. The molecule has 0 aliphatic carbocycles. The third-order valence-corrected chi connectivity index (χ3v) is 3.73. The maximum absolute atomic E-state index is 12.2. The summed E-state index contributed by atoms with van der Waals surface area (Å²) in [5.41, 5.74) is 0.786. The molecule has 1 aromatic carbocycles. The van der Waals surface area contributed by atoms with Crippen molar-refractivity contribution in [3.05, 3.63) is 51.8 Å². The van der Waals surface area contributed by atoms with Crippen molar-refractivity contribution in [2.75, 3.05) is 0 Å². The number of amides is 2. The average molecular weight is 320 g/mol. The second-order valence-electron chi connectivity index (χ2n) is 4.70. The smallest absolute Gasteiger partial charge is 0.322 e. The number of hydrogen-bond donors (Lipinski definition) is 0. The molecule has 1 aliphatic heterocycles. The third-order valence-electron chi connectivity index (χ3n) is 3.27. The minimum absolute atomic E-state index is 0.0317. The number of rotatable bonds is 2. The highest BCUT2D eigenvalue weighted by Crippen LogP contribution is 2.25. The second kappa shape index (κ2) is 4.96. The van der Waals surface area contributed by atoms with E-state index in [0.29, 0.717) is 10.8 Å². The van der Waals surface area contributed by atoms with Gasteiger partial charge in [-0.1, -0.05) is 28.8 Å². The molecule has 0 radical (unpaired) electrons. The van der Waals surface area contributed by atoms with Crippen LogP contribution in [0, 0.1) is 6.92 Å².